The van der Waals surface area contributed by atoms with Crippen molar-refractivity contribution in [1.82, 2.24) is 19.6 Å². The first-order valence-corrected chi connectivity index (χ1v) is 10.2. The first-order valence-electron chi connectivity index (χ1n) is 10.2. The highest BCUT2D eigenvalue weighted by Crippen LogP contribution is 2.41. The molecule has 1 aromatic heterocycles. The van der Waals surface area contributed by atoms with Crippen molar-refractivity contribution < 1.29 is 9.53 Å². The predicted molar refractivity (Wildman–Crippen MR) is 99.5 cm³/mol. The highest BCUT2D eigenvalue weighted by atomic mass is 16.5. The van der Waals surface area contributed by atoms with E-state index in [-0.39, 0.29) is 5.41 Å². The summed E-state index contributed by atoms with van der Waals surface area (Å²) in [6.07, 6.45) is 8.33. The van der Waals surface area contributed by atoms with Crippen LogP contribution in [0.5, 0.6) is 0 Å². The Labute approximate surface area is 156 Å². The molecule has 4 heterocycles. The Morgan fingerprint density at radius 2 is 1.96 bits per heavy atom. The lowest BCUT2D eigenvalue weighted by atomic mass is 9.71. The van der Waals surface area contributed by atoms with E-state index >= 15 is 0 Å². The molecule has 26 heavy (non-hydrogen) atoms. The van der Waals surface area contributed by atoms with Gasteiger partial charge in [0.25, 0.3) is 0 Å². The molecule has 1 spiro atoms. The molecular weight excluding hydrogens is 328 g/mol. The third-order valence-corrected chi connectivity index (χ3v) is 6.76. The van der Waals surface area contributed by atoms with E-state index in [0.717, 1.165) is 84.5 Å². The molecule has 0 saturated carbocycles. The van der Waals surface area contributed by atoms with Gasteiger partial charge in [0.15, 0.2) is 0 Å². The van der Waals surface area contributed by atoms with Crippen molar-refractivity contribution in [2.75, 3.05) is 39.4 Å². The van der Waals surface area contributed by atoms with Gasteiger partial charge in [-0.05, 0) is 63.6 Å². The van der Waals surface area contributed by atoms with Crippen LogP contribution >= 0.6 is 0 Å². The molecule has 0 N–H and O–H groups in total. The second-order valence-corrected chi connectivity index (χ2v) is 8.41. The molecule has 0 unspecified atom stereocenters. The number of likely N-dealkylation sites (tertiary alicyclic amines) is 2. The monoisotopic (exact) mass is 360 g/mol. The minimum Gasteiger partial charge on any atom is -0.381 e. The quantitative estimate of drug-likeness (QED) is 0.825. The van der Waals surface area contributed by atoms with Crippen LogP contribution in [0.25, 0.3) is 0 Å². The normalized spacial score (nSPS) is 25.1. The highest BCUT2D eigenvalue weighted by Gasteiger charge is 2.45. The number of piperidine rings is 2. The van der Waals surface area contributed by atoms with E-state index in [2.05, 4.69) is 21.0 Å². The average Bonchev–Trinajstić information content (AvgIpc) is 3.07. The van der Waals surface area contributed by atoms with Crippen LogP contribution < -0.4 is 0 Å². The first kappa shape index (κ1) is 18.0. The first-order chi connectivity index (χ1) is 12.7. The van der Waals surface area contributed by atoms with Gasteiger partial charge in [-0.3, -0.25) is 14.4 Å². The highest BCUT2D eigenvalue weighted by molar-refractivity contribution is 5.83. The van der Waals surface area contributed by atoms with Gasteiger partial charge < -0.3 is 9.64 Å². The lowest BCUT2D eigenvalue weighted by Crippen LogP contribution is -2.54. The lowest BCUT2D eigenvalue weighted by molar-refractivity contribution is -0.151. The number of rotatable bonds is 4. The molecule has 4 rings (SSSR count). The number of carbonyl (C=O) groups excluding carboxylic acids is 1. The number of nitrogens with zero attached hydrogens (tertiary/aromatic N) is 4. The van der Waals surface area contributed by atoms with Gasteiger partial charge in [-0.2, -0.15) is 5.10 Å². The zero-order valence-corrected chi connectivity index (χ0v) is 16.0. The van der Waals surface area contributed by atoms with Crippen molar-refractivity contribution in [3.63, 3.8) is 0 Å². The summed E-state index contributed by atoms with van der Waals surface area (Å²) in [6.45, 7) is 6.59. The van der Waals surface area contributed by atoms with Gasteiger partial charge in [0, 0.05) is 46.1 Å². The Kier molecular flexibility index (Phi) is 5.32. The maximum Gasteiger partial charge on any atom is 0.228 e. The smallest absolute Gasteiger partial charge is 0.228 e. The molecule has 144 valence electrons. The SMILES string of the molecule is Cn1nccc1CN1CCC2(CCCN(CC3CCOCC3)C2=O)CC1. The fraction of sp³-hybridized carbons (Fsp3) is 0.800. The summed E-state index contributed by atoms with van der Waals surface area (Å²) in [5.41, 5.74) is 1.16. The van der Waals surface area contributed by atoms with Crippen molar-refractivity contribution in [2.45, 2.75) is 45.1 Å². The number of carbonyl (C=O) groups is 1. The van der Waals surface area contributed by atoms with Crippen molar-refractivity contribution >= 4 is 5.91 Å². The summed E-state index contributed by atoms with van der Waals surface area (Å²) >= 11 is 0. The van der Waals surface area contributed by atoms with Crippen LogP contribution in [0, 0.1) is 11.3 Å². The zero-order chi connectivity index (χ0) is 18.0. The molecule has 0 aromatic carbocycles. The summed E-state index contributed by atoms with van der Waals surface area (Å²) in [6, 6.07) is 2.09. The molecule has 6 nitrogen and oxygen atoms in total. The van der Waals surface area contributed by atoms with E-state index in [9.17, 15) is 4.79 Å². The average molecular weight is 361 g/mol. The molecule has 1 aromatic rings. The Bertz CT molecular complexity index is 615. The van der Waals surface area contributed by atoms with E-state index in [0.29, 0.717) is 11.8 Å². The van der Waals surface area contributed by atoms with Crippen molar-refractivity contribution in [3.05, 3.63) is 18.0 Å². The van der Waals surface area contributed by atoms with Gasteiger partial charge in [0.1, 0.15) is 0 Å². The molecule has 3 saturated heterocycles. The van der Waals surface area contributed by atoms with Crippen LogP contribution in [0.15, 0.2) is 12.3 Å². The second-order valence-electron chi connectivity index (χ2n) is 8.41. The summed E-state index contributed by atoms with van der Waals surface area (Å²) in [4.78, 5) is 18.0. The van der Waals surface area contributed by atoms with Crippen LogP contribution in [-0.2, 0) is 23.1 Å². The van der Waals surface area contributed by atoms with Crippen LogP contribution in [-0.4, -0.2) is 64.9 Å². The third kappa shape index (κ3) is 3.67. The number of hydrogen-bond donors (Lipinski definition) is 0. The molecule has 0 atom stereocenters. The van der Waals surface area contributed by atoms with Crippen molar-refractivity contribution in [3.8, 4) is 0 Å². The van der Waals surface area contributed by atoms with Gasteiger partial charge in [-0.25, -0.2) is 0 Å². The molecule has 3 fully saturated rings. The number of aryl methyl sites for hydroxylation is 1. The molecule has 0 bridgehead atoms. The number of hydrogen-bond acceptors (Lipinski definition) is 4. The largest absolute Gasteiger partial charge is 0.381 e. The zero-order valence-electron chi connectivity index (χ0n) is 16.0. The number of amides is 1. The van der Waals surface area contributed by atoms with E-state index in [1.54, 1.807) is 0 Å². The molecule has 6 heteroatoms. The van der Waals surface area contributed by atoms with E-state index in [1.807, 2.05) is 17.9 Å². The molecule has 1 amide bonds. The summed E-state index contributed by atoms with van der Waals surface area (Å²) in [7, 11) is 2.00. The number of aromatic nitrogens is 2. The van der Waals surface area contributed by atoms with Crippen molar-refractivity contribution in [2.24, 2.45) is 18.4 Å². The Hall–Kier alpha value is -1.40. The van der Waals surface area contributed by atoms with Gasteiger partial charge in [-0.15, -0.1) is 0 Å². The fourth-order valence-corrected chi connectivity index (χ4v) is 4.96. The third-order valence-electron chi connectivity index (χ3n) is 6.76. The maximum atomic E-state index is 13.3. The van der Waals surface area contributed by atoms with Gasteiger partial charge in [-0.1, -0.05) is 0 Å². The second kappa shape index (κ2) is 7.69. The maximum absolute atomic E-state index is 13.3. The van der Waals surface area contributed by atoms with E-state index in [4.69, 9.17) is 4.74 Å². The molecule has 0 radical (unpaired) electrons. The van der Waals surface area contributed by atoms with E-state index < -0.39 is 0 Å². The molecule has 0 aliphatic carbocycles. The van der Waals surface area contributed by atoms with Gasteiger partial charge >= 0.3 is 0 Å². The molecular formula is C20H32N4O2. The number of ether oxygens (including phenoxy) is 1. The van der Waals surface area contributed by atoms with E-state index in [1.165, 1.54) is 5.69 Å². The molecule has 3 aliphatic rings. The van der Waals surface area contributed by atoms with Crippen LogP contribution in [0.1, 0.15) is 44.2 Å². The molecule has 3 aliphatic heterocycles. The topological polar surface area (TPSA) is 50.6 Å². The standard InChI is InChI=1S/C20H32N4O2/c1-22-18(3-9-21-22)16-23-11-7-20(8-12-23)6-2-10-24(19(20)25)15-17-4-13-26-14-5-17/h3,9,17H,2,4-8,10-16H2,1H3. The lowest BCUT2D eigenvalue weighted by Gasteiger charge is -2.47. The minimum absolute atomic E-state index is 0.0909. The minimum atomic E-state index is -0.0909. The van der Waals surface area contributed by atoms with Crippen LogP contribution in [0.3, 0.4) is 0 Å². The Morgan fingerprint density at radius 1 is 1.19 bits per heavy atom. The van der Waals surface area contributed by atoms with Crippen LogP contribution in [0.2, 0.25) is 0 Å². The summed E-state index contributed by atoms with van der Waals surface area (Å²) in [5.74, 6) is 1.07. The predicted octanol–water partition coefficient (Wildman–Crippen LogP) is 2.05. The van der Waals surface area contributed by atoms with Gasteiger partial charge in [0.05, 0.1) is 11.1 Å². The fourth-order valence-electron chi connectivity index (χ4n) is 4.96. The summed E-state index contributed by atoms with van der Waals surface area (Å²) < 4.78 is 7.42. The van der Waals surface area contributed by atoms with Crippen LogP contribution in [0.4, 0.5) is 0 Å². The Balaban J connectivity index is 1.34. The Morgan fingerprint density at radius 3 is 2.65 bits per heavy atom. The van der Waals surface area contributed by atoms with Gasteiger partial charge in [0.2, 0.25) is 5.91 Å². The summed E-state index contributed by atoms with van der Waals surface area (Å²) in [5, 5.41) is 4.26. The van der Waals surface area contributed by atoms with Crippen molar-refractivity contribution in [1.29, 1.82) is 0 Å².